The van der Waals surface area contributed by atoms with Gasteiger partial charge < -0.3 is 33.8 Å². The molecule has 0 aromatic rings. The number of rotatable bonds is 74. The highest BCUT2D eigenvalue weighted by Crippen LogP contribution is 2.45. The summed E-state index contributed by atoms with van der Waals surface area (Å²) in [5, 5.41) is 10.6. The van der Waals surface area contributed by atoms with Crippen molar-refractivity contribution in [2.75, 3.05) is 39.6 Å². The maximum absolute atomic E-state index is 13.1. The molecule has 0 bridgehead atoms. The van der Waals surface area contributed by atoms with Gasteiger partial charge in [-0.2, -0.15) is 0 Å². The third-order valence-corrected chi connectivity index (χ3v) is 20.4. The average molecular weight is 1410 g/mol. The summed E-state index contributed by atoms with van der Waals surface area (Å²) in [7, 11) is -9.91. The van der Waals surface area contributed by atoms with Crippen LogP contribution in [0.2, 0.25) is 0 Å². The van der Waals surface area contributed by atoms with Crippen LogP contribution >= 0.6 is 15.6 Å². The molecule has 0 spiro atoms. The van der Waals surface area contributed by atoms with Crippen molar-refractivity contribution in [2.24, 2.45) is 23.7 Å². The largest absolute Gasteiger partial charge is 0.472 e. The first kappa shape index (κ1) is 94.1. The molecule has 17 nitrogen and oxygen atoms in total. The van der Waals surface area contributed by atoms with E-state index < -0.39 is 97.5 Å². The lowest BCUT2D eigenvalue weighted by Gasteiger charge is -2.21. The number of carbonyl (C=O) groups excluding carboxylic acids is 4. The van der Waals surface area contributed by atoms with Gasteiger partial charge in [-0.3, -0.25) is 37.3 Å². The predicted octanol–water partition coefficient (Wildman–Crippen LogP) is 22.4. The smallest absolute Gasteiger partial charge is 0.462 e. The van der Waals surface area contributed by atoms with Gasteiger partial charge in [0, 0.05) is 25.7 Å². The molecule has 0 heterocycles. The molecule has 19 heteroatoms. The second kappa shape index (κ2) is 66.3. The van der Waals surface area contributed by atoms with E-state index in [-0.39, 0.29) is 25.7 Å². The van der Waals surface area contributed by atoms with Crippen LogP contribution in [0.15, 0.2) is 0 Å². The molecule has 0 fully saturated rings. The standard InChI is InChI=1S/C77H150O17P2/c1-9-69(7)55-47-39-33-35-41-49-57-74(79)87-63-72(93-76(81)59-51-43-31-27-23-19-14-12-11-13-17-21-25-29-37-45-53-67(3)4)65-91-95(83,84)89-61-71(78)62-90-96(85,86)92-66-73(64-88-75(80)58-50-42-36-34-40-48-56-70(8)10-2)94-77(82)60-52-44-32-28-24-20-16-15-18-22-26-30-38-46-54-68(5)6/h67-73,78H,9-66H2,1-8H3,(H,83,84)(H,85,86)/t69?,70?,71-,72+,73+/m0/s1. The number of aliphatic hydroxyl groups is 1. The van der Waals surface area contributed by atoms with E-state index in [1.165, 1.54) is 180 Å². The highest BCUT2D eigenvalue weighted by Gasteiger charge is 2.30. The summed E-state index contributed by atoms with van der Waals surface area (Å²) in [4.78, 5) is 72.8. The van der Waals surface area contributed by atoms with Crippen molar-refractivity contribution in [3.8, 4) is 0 Å². The SMILES string of the molecule is CCC(C)CCCCCCCCC(=O)OC[C@H](COP(=O)(O)OC[C@H](O)COP(=O)(O)OC[C@@H](COC(=O)CCCCCCCCC(C)CC)OC(=O)CCCCCCCCCCCCCCCCC(C)C)OC(=O)CCCCCCCCCCCCCCCCCCC(C)C. The van der Waals surface area contributed by atoms with Crippen molar-refractivity contribution in [1.29, 1.82) is 0 Å². The molecule has 0 radical (unpaired) electrons. The van der Waals surface area contributed by atoms with E-state index in [0.29, 0.717) is 25.7 Å². The second-order valence-corrected chi connectivity index (χ2v) is 32.1. The number of esters is 4. The summed E-state index contributed by atoms with van der Waals surface area (Å²) in [6.45, 7) is 14.2. The van der Waals surface area contributed by atoms with Crippen LogP contribution in [0.1, 0.15) is 389 Å². The zero-order chi connectivity index (χ0) is 71.0. The van der Waals surface area contributed by atoms with E-state index >= 15 is 0 Å². The fourth-order valence-corrected chi connectivity index (χ4v) is 13.2. The molecule has 0 amide bonds. The van der Waals surface area contributed by atoms with Gasteiger partial charge in [0.15, 0.2) is 12.2 Å². The van der Waals surface area contributed by atoms with Crippen LogP contribution in [0, 0.1) is 23.7 Å². The lowest BCUT2D eigenvalue weighted by Crippen LogP contribution is -2.30. The maximum atomic E-state index is 13.1. The molecule has 0 aliphatic carbocycles. The first-order valence-electron chi connectivity index (χ1n) is 39.8. The van der Waals surface area contributed by atoms with Crippen molar-refractivity contribution < 1.29 is 80.2 Å². The Hall–Kier alpha value is -1.94. The Morgan fingerprint density at radius 3 is 0.740 bits per heavy atom. The van der Waals surface area contributed by atoms with Crippen molar-refractivity contribution in [1.82, 2.24) is 0 Å². The molecule has 0 saturated heterocycles. The number of phosphoric ester groups is 2. The predicted molar refractivity (Wildman–Crippen MR) is 391 cm³/mol. The van der Waals surface area contributed by atoms with Crippen LogP contribution in [-0.2, 0) is 65.4 Å². The molecular formula is C77H150O17P2. The summed E-state index contributed by atoms with van der Waals surface area (Å²) in [6.07, 6.45) is 51.4. The summed E-state index contributed by atoms with van der Waals surface area (Å²) >= 11 is 0. The minimum atomic E-state index is -4.96. The molecule has 0 aliphatic heterocycles. The van der Waals surface area contributed by atoms with E-state index in [1.54, 1.807) is 0 Å². The van der Waals surface area contributed by atoms with E-state index in [0.717, 1.165) is 126 Å². The first-order valence-corrected chi connectivity index (χ1v) is 42.8. The quantitative estimate of drug-likeness (QED) is 0.0222. The highest BCUT2D eigenvalue weighted by molar-refractivity contribution is 7.47. The number of aliphatic hydroxyl groups excluding tert-OH is 1. The molecule has 4 unspecified atom stereocenters. The third kappa shape index (κ3) is 67.9. The zero-order valence-corrected chi connectivity index (χ0v) is 64.8. The van der Waals surface area contributed by atoms with Crippen molar-refractivity contribution >= 4 is 39.5 Å². The maximum Gasteiger partial charge on any atom is 0.472 e. The Morgan fingerprint density at radius 1 is 0.292 bits per heavy atom. The summed E-state index contributed by atoms with van der Waals surface area (Å²) < 4.78 is 68.5. The first-order chi connectivity index (χ1) is 46.2. The monoisotopic (exact) mass is 1410 g/mol. The molecule has 570 valence electrons. The number of unbranched alkanes of at least 4 members (excludes halogenated alkanes) is 38. The fourth-order valence-electron chi connectivity index (χ4n) is 11.7. The van der Waals surface area contributed by atoms with Crippen LogP contribution in [0.5, 0.6) is 0 Å². The van der Waals surface area contributed by atoms with E-state index in [2.05, 4.69) is 55.4 Å². The van der Waals surface area contributed by atoms with Gasteiger partial charge in [0.05, 0.1) is 26.4 Å². The number of hydrogen-bond acceptors (Lipinski definition) is 15. The number of carbonyl (C=O) groups is 4. The molecule has 0 aromatic heterocycles. The van der Waals surface area contributed by atoms with E-state index in [1.807, 2.05) is 0 Å². The molecule has 96 heavy (non-hydrogen) atoms. The Bertz CT molecular complexity index is 1890. The van der Waals surface area contributed by atoms with Gasteiger partial charge in [0.25, 0.3) is 0 Å². The van der Waals surface area contributed by atoms with Gasteiger partial charge in [-0.1, -0.05) is 338 Å². The molecular weight excluding hydrogens is 1260 g/mol. The summed E-state index contributed by atoms with van der Waals surface area (Å²) in [5.41, 5.74) is 0. The molecule has 0 rings (SSSR count). The zero-order valence-electron chi connectivity index (χ0n) is 63.0. The number of ether oxygens (including phenoxy) is 4. The third-order valence-electron chi connectivity index (χ3n) is 18.5. The fraction of sp³-hybridized carbons (Fsp3) is 0.948. The Morgan fingerprint density at radius 2 is 0.500 bits per heavy atom. The number of hydrogen-bond donors (Lipinski definition) is 3. The topological polar surface area (TPSA) is 237 Å². The van der Waals surface area contributed by atoms with Gasteiger partial charge in [0.1, 0.15) is 19.3 Å². The van der Waals surface area contributed by atoms with Gasteiger partial charge in [-0.05, 0) is 49.4 Å². The Balaban J connectivity index is 5.21. The molecule has 0 aromatic carbocycles. The molecule has 0 saturated carbocycles. The molecule has 3 N–H and O–H groups in total. The van der Waals surface area contributed by atoms with Crippen LogP contribution in [0.3, 0.4) is 0 Å². The lowest BCUT2D eigenvalue weighted by molar-refractivity contribution is -0.161. The van der Waals surface area contributed by atoms with Crippen LogP contribution in [-0.4, -0.2) is 96.7 Å². The highest BCUT2D eigenvalue weighted by atomic mass is 31.2. The normalized spacial score (nSPS) is 14.7. The van der Waals surface area contributed by atoms with Gasteiger partial charge >= 0.3 is 39.5 Å². The van der Waals surface area contributed by atoms with Crippen molar-refractivity contribution in [3.05, 3.63) is 0 Å². The second-order valence-electron chi connectivity index (χ2n) is 29.2. The summed E-state index contributed by atoms with van der Waals surface area (Å²) in [6, 6.07) is 0. The van der Waals surface area contributed by atoms with Crippen molar-refractivity contribution in [2.45, 2.75) is 408 Å². The van der Waals surface area contributed by atoms with Crippen molar-refractivity contribution in [3.63, 3.8) is 0 Å². The van der Waals surface area contributed by atoms with Gasteiger partial charge in [-0.15, -0.1) is 0 Å². The number of phosphoric acid groups is 2. The molecule has 7 atom stereocenters. The van der Waals surface area contributed by atoms with E-state index in [9.17, 15) is 43.2 Å². The lowest BCUT2D eigenvalue weighted by atomic mass is 10.00. The Labute approximate surface area is 588 Å². The van der Waals surface area contributed by atoms with Gasteiger partial charge in [-0.25, -0.2) is 9.13 Å². The Kier molecular flexibility index (Phi) is 65.0. The molecule has 0 aliphatic rings. The van der Waals surface area contributed by atoms with Crippen LogP contribution in [0.25, 0.3) is 0 Å². The van der Waals surface area contributed by atoms with E-state index in [4.69, 9.17) is 37.0 Å². The van der Waals surface area contributed by atoms with Gasteiger partial charge in [0.2, 0.25) is 0 Å². The average Bonchev–Trinajstić information content (AvgIpc) is 1.54. The summed E-state index contributed by atoms with van der Waals surface area (Å²) in [5.74, 6) is 0.944. The van der Waals surface area contributed by atoms with Crippen LogP contribution < -0.4 is 0 Å². The van der Waals surface area contributed by atoms with Crippen LogP contribution in [0.4, 0.5) is 0 Å². The minimum Gasteiger partial charge on any atom is -0.462 e. The minimum absolute atomic E-state index is 0.106.